The molecule has 2 bridgehead atoms. The average molecular weight is 493 g/mol. The Hall–Kier alpha value is -2.12. The Morgan fingerprint density at radius 2 is 1.91 bits per heavy atom. The molecular formula is C28H36N4O2S. The van der Waals surface area contributed by atoms with Crippen molar-refractivity contribution < 1.29 is 9.53 Å². The van der Waals surface area contributed by atoms with Crippen molar-refractivity contribution in [3.8, 4) is 0 Å². The van der Waals surface area contributed by atoms with Crippen molar-refractivity contribution in [2.24, 2.45) is 35.0 Å². The lowest BCUT2D eigenvalue weighted by atomic mass is 9.41. The highest BCUT2D eigenvalue weighted by atomic mass is 32.2. The first-order valence-corrected chi connectivity index (χ1v) is 14.0. The summed E-state index contributed by atoms with van der Waals surface area (Å²) in [4.78, 5) is 24.9. The van der Waals surface area contributed by atoms with Crippen molar-refractivity contribution in [2.75, 3.05) is 25.0 Å². The third kappa shape index (κ3) is 4.14. The molecule has 2 saturated carbocycles. The molecule has 3 heterocycles. The van der Waals surface area contributed by atoms with Gasteiger partial charge in [-0.05, 0) is 78.9 Å². The molecule has 0 amide bonds. The summed E-state index contributed by atoms with van der Waals surface area (Å²) in [6.07, 6.45) is 7.86. The minimum Gasteiger partial charge on any atom is -0.466 e. The van der Waals surface area contributed by atoms with E-state index in [9.17, 15) is 4.79 Å². The van der Waals surface area contributed by atoms with Crippen LogP contribution in [0.5, 0.6) is 0 Å². The fourth-order valence-electron chi connectivity index (χ4n) is 7.87. The SMILES string of the molecule is CCOC(=O)CC1CC2(C1)C1CN(Cc3ccc4c(c3)Nc3nccnc3S4)CC2C(C)CC1C. The second kappa shape index (κ2) is 9.07. The predicted octanol–water partition coefficient (Wildman–Crippen LogP) is 5.76. The van der Waals surface area contributed by atoms with E-state index in [-0.39, 0.29) is 5.97 Å². The molecule has 3 fully saturated rings. The van der Waals surface area contributed by atoms with E-state index in [0.717, 1.165) is 46.7 Å². The monoisotopic (exact) mass is 492 g/mol. The highest BCUT2D eigenvalue weighted by Gasteiger charge is 2.61. The van der Waals surface area contributed by atoms with Crippen LogP contribution in [0.25, 0.3) is 0 Å². The number of carbonyl (C=O) groups excluding carboxylic acids is 1. The quantitative estimate of drug-likeness (QED) is 0.454. The molecule has 4 atom stereocenters. The number of esters is 1. The van der Waals surface area contributed by atoms with Crippen molar-refractivity contribution in [1.82, 2.24) is 14.9 Å². The van der Waals surface area contributed by atoms with Gasteiger partial charge in [-0.1, -0.05) is 31.7 Å². The zero-order valence-electron chi connectivity index (χ0n) is 21.0. The maximum Gasteiger partial charge on any atom is 0.306 e. The number of anilines is 2. The number of hydrogen-bond donors (Lipinski definition) is 1. The molecule has 1 spiro atoms. The number of nitrogens with zero attached hydrogens (tertiary/aromatic N) is 3. The zero-order valence-corrected chi connectivity index (χ0v) is 21.8. The van der Waals surface area contributed by atoms with Crippen LogP contribution in [0, 0.1) is 35.0 Å². The first kappa shape index (κ1) is 23.3. The number of rotatable bonds is 5. The van der Waals surface area contributed by atoms with Crippen molar-refractivity contribution in [3.63, 3.8) is 0 Å². The van der Waals surface area contributed by atoms with Gasteiger partial charge >= 0.3 is 5.97 Å². The standard InChI is InChI=1S/C28H36N4O2S/c1-4-34-25(33)11-20-12-28(13-20)21-15-32(16-22(28)18(3)9-17(21)2)14-19-5-6-24-23(10-19)31-26-27(35-24)30-8-7-29-26/h5-8,10,17-18,20-22H,4,9,11-16H2,1-3H3,(H,29,31). The molecule has 1 saturated heterocycles. The van der Waals surface area contributed by atoms with E-state index in [1.807, 2.05) is 6.92 Å². The van der Waals surface area contributed by atoms with Crippen molar-refractivity contribution in [3.05, 3.63) is 36.2 Å². The van der Waals surface area contributed by atoms with Crippen LogP contribution in [0.3, 0.4) is 0 Å². The number of piperidine rings is 1. The second-order valence-corrected chi connectivity index (χ2v) is 12.4. The summed E-state index contributed by atoms with van der Waals surface area (Å²) in [5.74, 6) is 4.28. The van der Waals surface area contributed by atoms with Crippen LogP contribution in [0.2, 0.25) is 0 Å². The van der Waals surface area contributed by atoms with E-state index in [2.05, 4.69) is 52.2 Å². The maximum atomic E-state index is 12.1. The lowest BCUT2D eigenvalue weighted by Gasteiger charge is -2.66. The summed E-state index contributed by atoms with van der Waals surface area (Å²) in [5.41, 5.74) is 2.92. The summed E-state index contributed by atoms with van der Waals surface area (Å²) >= 11 is 1.69. The van der Waals surface area contributed by atoms with Crippen LogP contribution >= 0.6 is 11.8 Å². The summed E-state index contributed by atoms with van der Waals surface area (Å²) in [7, 11) is 0. The van der Waals surface area contributed by atoms with Crippen molar-refractivity contribution in [2.45, 2.75) is 62.9 Å². The van der Waals surface area contributed by atoms with Gasteiger partial charge in [0.15, 0.2) is 5.82 Å². The molecule has 7 heteroatoms. The Morgan fingerprint density at radius 3 is 2.66 bits per heavy atom. The fraction of sp³-hybridized carbons (Fsp3) is 0.607. The Balaban J connectivity index is 1.16. The Bertz CT molecular complexity index is 1100. The Kier molecular flexibility index (Phi) is 6.04. The van der Waals surface area contributed by atoms with Crippen LogP contribution in [0.4, 0.5) is 11.5 Å². The smallest absolute Gasteiger partial charge is 0.306 e. The van der Waals surface area contributed by atoms with Gasteiger partial charge in [0.2, 0.25) is 0 Å². The third-order valence-electron chi connectivity index (χ3n) is 9.18. The molecule has 4 aliphatic rings. The van der Waals surface area contributed by atoms with Gasteiger partial charge in [-0.25, -0.2) is 9.97 Å². The molecule has 0 radical (unpaired) electrons. The van der Waals surface area contributed by atoms with Gasteiger partial charge in [-0.15, -0.1) is 0 Å². The van der Waals surface area contributed by atoms with E-state index < -0.39 is 0 Å². The molecule has 1 aromatic heterocycles. The minimum atomic E-state index is -0.0103. The summed E-state index contributed by atoms with van der Waals surface area (Å²) in [6, 6.07) is 6.80. The zero-order chi connectivity index (χ0) is 24.2. The van der Waals surface area contributed by atoms with E-state index >= 15 is 0 Å². The molecule has 1 aromatic carbocycles. The van der Waals surface area contributed by atoms with E-state index in [1.165, 1.54) is 42.8 Å². The number of benzene rings is 1. The number of nitrogens with one attached hydrogen (secondary N) is 1. The molecule has 2 aliphatic heterocycles. The lowest BCUT2D eigenvalue weighted by molar-refractivity contribution is -0.184. The largest absolute Gasteiger partial charge is 0.466 e. The number of carbonyl (C=O) groups is 1. The van der Waals surface area contributed by atoms with E-state index in [0.29, 0.717) is 24.4 Å². The van der Waals surface area contributed by atoms with Crippen molar-refractivity contribution >= 4 is 29.2 Å². The van der Waals surface area contributed by atoms with Crippen LogP contribution < -0.4 is 5.32 Å². The first-order chi connectivity index (χ1) is 16.9. The number of hydrogen-bond acceptors (Lipinski definition) is 7. The summed E-state index contributed by atoms with van der Waals surface area (Å²) in [6.45, 7) is 10.7. The van der Waals surface area contributed by atoms with Crippen LogP contribution in [0.15, 0.2) is 40.5 Å². The van der Waals surface area contributed by atoms with Gasteiger partial charge in [0.25, 0.3) is 0 Å². The van der Waals surface area contributed by atoms with Crippen LogP contribution in [0.1, 0.15) is 52.0 Å². The maximum absolute atomic E-state index is 12.1. The molecule has 186 valence electrons. The van der Waals surface area contributed by atoms with Gasteiger partial charge in [0, 0.05) is 43.3 Å². The molecule has 35 heavy (non-hydrogen) atoms. The Labute approximate surface area is 212 Å². The Morgan fingerprint density at radius 1 is 1.17 bits per heavy atom. The van der Waals surface area contributed by atoms with E-state index in [4.69, 9.17) is 4.74 Å². The highest BCUT2D eigenvalue weighted by Crippen LogP contribution is 2.65. The third-order valence-corrected chi connectivity index (χ3v) is 10.2. The molecule has 6 nitrogen and oxygen atoms in total. The normalized spacial score (nSPS) is 33.3. The molecule has 4 unspecified atom stereocenters. The molecule has 1 N–H and O–H groups in total. The molecule has 2 aromatic rings. The number of ether oxygens (including phenoxy) is 1. The second-order valence-electron chi connectivity index (χ2n) is 11.4. The number of aromatic nitrogens is 2. The van der Waals surface area contributed by atoms with Crippen LogP contribution in [-0.4, -0.2) is 40.5 Å². The lowest BCUT2D eigenvalue weighted by Crippen LogP contribution is -2.64. The molecular weight excluding hydrogens is 456 g/mol. The minimum absolute atomic E-state index is 0.0103. The number of likely N-dealkylation sites (tertiary alicyclic amines) is 1. The molecule has 2 aliphatic carbocycles. The number of fused-ring (bicyclic) bond motifs is 2. The summed E-state index contributed by atoms with van der Waals surface area (Å²) < 4.78 is 5.24. The highest BCUT2D eigenvalue weighted by molar-refractivity contribution is 7.99. The first-order valence-electron chi connectivity index (χ1n) is 13.2. The van der Waals surface area contributed by atoms with Gasteiger partial charge < -0.3 is 10.1 Å². The predicted molar refractivity (Wildman–Crippen MR) is 137 cm³/mol. The molecule has 6 rings (SSSR count). The van der Waals surface area contributed by atoms with Gasteiger partial charge in [-0.2, -0.15) is 0 Å². The van der Waals surface area contributed by atoms with Crippen molar-refractivity contribution in [1.29, 1.82) is 0 Å². The summed E-state index contributed by atoms with van der Waals surface area (Å²) in [5, 5.41) is 4.42. The average Bonchev–Trinajstić information content (AvgIpc) is 2.81. The van der Waals surface area contributed by atoms with Crippen LogP contribution in [-0.2, 0) is 16.1 Å². The van der Waals surface area contributed by atoms with Gasteiger partial charge in [0.05, 0.1) is 12.3 Å². The van der Waals surface area contributed by atoms with Gasteiger partial charge in [-0.3, -0.25) is 9.69 Å². The fourth-order valence-corrected chi connectivity index (χ4v) is 8.74. The topological polar surface area (TPSA) is 67.3 Å². The van der Waals surface area contributed by atoms with Gasteiger partial charge in [0.1, 0.15) is 5.03 Å². The van der Waals surface area contributed by atoms with E-state index in [1.54, 1.807) is 24.2 Å².